The van der Waals surface area contributed by atoms with Gasteiger partial charge in [0, 0.05) is 27.3 Å². The minimum absolute atomic E-state index is 0.411. The van der Waals surface area contributed by atoms with E-state index in [4.69, 9.17) is 23.2 Å². The molecule has 2 aromatic carbocycles. The number of urea groups is 1. The number of aromatic nitrogens is 1. The Hall–Kier alpha value is -2.50. The molecule has 7 heteroatoms. The third kappa shape index (κ3) is 3.83. The molecular weight excluding hydrogens is 335 g/mol. The van der Waals surface area contributed by atoms with Crippen LogP contribution in [-0.2, 0) is 0 Å². The summed E-state index contributed by atoms with van der Waals surface area (Å²) >= 11 is 11.8. The van der Waals surface area contributed by atoms with Crippen molar-refractivity contribution in [2.45, 2.75) is 0 Å². The van der Waals surface area contributed by atoms with Gasteiger partial charge in [-0.1, -0.05) is 29.3 Å². The summed E-state index contributed by atoms with van der Waals surface area (Å²) < 4.78 is 0. The van der Waals surface area contributed by atoms with E-state index in [2.05, 4.69) is 21.2 Å². The van der Waals surface area contributed by atoms with Crippen molar-refractivity contribution in [3.63, 3.8) is 0 Å². The molecule has 0 saturated carbocycles. The first-order chi connectivity index (χ1) is 11.1. The largest absolute Gasteiger partial charge is 0.337 e. The smallest absolute Gasteiger partial charge is 0.307 e. The van der Waals surface area contributed by atoms with E-state index in [0.29, 0.717) is 21.4 Å². The zero-order valence-corrected chi connectivity index (χ0v) is 13.3. The van der Waals surface area contributed by atoms with E-state index in [0.717, 1.165) is 10.9 Å². The minimum atomic E-state index is -0.411. The maximum Gasteiger partial charge on any atom is 0.337 e. The lowest BCUT2D eigenvalue weighted by atomic mass is 10.2. The molecule has 3 rings (SSSR count). The molecule has 1 heterocycles. The van der Waals surface area contributed by atoms with Crippen LogP contribution in [0.1, 0.15) is 0 Å². The summed E-state index contributed by atoms with van der Waals surface area (Å²) in [5.41, 5.74) is 7.48. The minimum Gasteiger partial charge on any atom is -0.307 e. The third-order valence-corrected chi connectivity index (χ3v) is 3.57. The lowest BCUT2D eigenvalue weighted by Gasteiger charge is -2.12. The number of hydrogen-bond acceptors (Lipinski definition) is 3. The molecule has 23 heavy (non-hydrogen) atoms. The molecule has 116 valence electrons. The van der Waals surface area contributed by atoms with Gasteiger partial charge in [-0.15, -0.1) is 0 Å². The van der Waals surface area contributed by atoms with Gasteiger partial charge in [-0.2, -0.15) is 0 Å². The molecule has 0 spiro atoms. The fraction of sp³-hybridized carbons (Fsp3) is 0. The highest BCUT2D eigenvalue weighted by molar-refractivity contribution is 6.31. The Balaban J connectivity index is 1.69. The van der Waals surface area contributed by atoms with Crippen molar-refractivity contribution in [1.82, 2.24) is 10.4 Å². The van der Waals surface area contributed by atoms with Gasteiger partial charge < -0.3 is 5.32 Å². The molecule has 0 aliphatic carbocycles. The predicted molar refractivity (Wildman–Crippen MR) is 94.0 cm³/mol. The highest BCUT2D eigenvalue weighted by atomic mass is 35.5. The van der Waals surface area contributed by atoms with Crippen molar-refractivity contribution in [3.05, 3.63) is 64.8 Å². The van der Waals surface area contributed by atoms with Crippen molar-refractivity contribution in [1.29, 1.82) is 0 Å². The van der Waals surface area contributed by atoms with Gasteiger partial charge in [-0.25, -0.2) is 4.79 Å². The standard InChI is InChI=1S/C16H12Cl2N4O/c17-10-2-1-3-12(8-10)20-16(23)22-21-14-6-7-19-15-9-11(18)4-5-13(14)15/h1-9H,(H,19,21)(H2,20,22,23). The second-order valence-corrected chi connectivity index (χ2v) is 5.61. The van der Waals surface area contributed by atoms with Gasteiger partial charge in [0.25, 0.3) is 0 Å². The number of pyridine rings is 1. The SMILES string of the molecule is O=C(NNc1ccnc2cc(Cl)ccc12)Nc1cccc(Cl)c1. The van der Waals surface area contributed by atoms with Crippen LogP contribution in [0.5, 0.6) is 0 Å². The van der Waals surface area contributed by atoms with E-state index in [1.54, 1.807) is 48.7 Å². The van der Waals surface area contributed by atoms with E-state index in [9.17, 15) is 4.79 Å². The molecule has 2 amide bonds. The second-order valence-electron chi connectivity index (χ2n) is 4.73. The summed E-state index contributed by atoms with van der Waals surface area (Å²) in [6, 6.07) is 13.6. The number of carbonyl (C=O) groups excluding carboxylic acids is 1. The van der Waals surface area contributed by atoms with E-state index >= 15 is 0 Å². The lowest BCUT2D eigenvalue weighted by molar-refractivity contribution is 0.254. The summed E-state index contributed by atoms with van der Waals surface area (Å²) in [6.45, 7) is 0. The number of benzene rings is 2. The van der Waals surface area contributed by atoms with Gasteiger partial charge >= 0.3 is 6.03 Å². The van der Waals surface area contributed by atoms with Crippen molar-refractivity contribution >= 4 is 51.5 Å². The van der Waals surface area contributed by atoms with Crippen LogP contribution in [-0.4, -0.2) is 11.0 Å². The molecule has 0 aliphatic heterocycles. The fourth-order valence-corrected chi connectivity index (χ4v) is 2.44. The molecular formula is C16H12Cl2N4O. The van der Waals surface area contributed by atoms with Crippen molar-refractivity contribution in [3.8, 4) is 0 Å². The molecule has 0 unspecified atom stereocenters. The maximum atomic E-state index is 11.9. The van der Waals surface area contributed by atoms with E-state index in [-0.39, 0.29) is 0 Å². The van der Waals surface area contributed by atoms with Gasteiger partial charge in [-0.3, -0.25) is 15.8 Å². The summed E-state index contributed by atoms with van der Waals surface area (Å²) in [5.74, 6) is 0. The maximum absolute atomic E-state index is 11.9. The monoisotopic (exact) mass is 346 g/mol. The molecule has 0 aliphatic rings. The molecule has 3 N–H and O–H groups in total. The summed E-state index contributed by atoms with van der Waals surface area (Å²) in [5, 5.41) is 4.68. The number of carbonyl (C=O) groups is 1. The average Bonchev–Trinajstić information content (AvgIpc) is 2.52. The van der Waals surface area contributed by atoms with Gasteiger partial charge in [0.15, 0.2) is 0 Å². The number of halogens is 2. The summed E-state index contributed by atoms with van der Waals surface area (Å²) in [4.78, 5) is 16.2. The number of nitrogens with zero attached hydrogens (tertiary/aromatic N) is 1. The zero-order chi connectivity index (χ0) is 16.2. The first kappa shape index (κ1) is 15.4. The van der Waals surface area contributed by atoms with Crippen LogP contribution in [0.3, 0.4) is 0 Å². The number of nitrogens with one attached hydrogen (secondary N) is 3. The van der Waals surface area contributed by atoms with Crippen LogP contribution in [0, 0.1) is 0 Å². The fourth-order valence-electron chi connectivity index (χ4n) is 2.08. The highest BCUT2D eigenvalue weighted by Gasteiger charge is 2.05. The predicted octanol–water partition coefficient (Wildman–Crippen LogP) is 4.69. The third-order valence-electron chi connectivity index (χ3n) is 3.10. The first-order valence-corrected chi connectivity index (χ1v) is 7.50. The normalized spacial score (nSPS) is 10.3. The number of anilines is 2. The Kier molecular flexibility index (Phi) is 4.50. The number of hydrogen-bond donors (Lipinski definition) is 3. The van der Waals surface area contributed by atoms with Gasteiger partial charge in [-0.05, 0) is 42.5 Å². The zero-order valence-electron chi connectivity index (χ0n) is 11.8. The van der Waals surface area contributed by atoms with Crippen LogP contribution in [0.15, 0.2) is 54.7 Å². The van der Waals surface area contributed by atoms with Crippen molar-refractivity contribution < 1.29 is 4.79 Å². The molecule has 1 aromatic heterocycles. The Morgan fingerprint density at radius 2 is 1.83 bits per heavy atom. The molecule has 3 aromatic rings. The average molecular weight is 347 g/mol. The van der Waals surface area contributed by atoms with E-state index in [1.807, 2.05) is 6.07 Å². The topological polar surface area (TPSA) is 66.0 Å². The molecule has 5 nitrogen and oxygen atoms in total. The van der Waals surface area contributed by atoms with E-state index in [1.165, 1.54) is 0 Å². The Morgan fingerprint density at radius 1 is 1.00 bits per heavy atom. The molecule has 0 radical (unpaired) electrons. The Labute approximate surface area is 142 Å². The van der Waals surface area contributed by atoms with Gasteiger partial charge in [0.1, 0.15) is 0 Å². The number of fused-ring (bicyclic) bond motifs is 1. The van der Waals surface area contributed by atoms with Crippen molar-refractivity contribution in [2.75, 3.05) is 10.7 Å². The van der Waals surface area contributed by atoms with Crippen LogP contribution in [0.4, 0.5) is 16.2 Å². The summed E-state index contributed by atoms with van der Waals surface area (Å²) in [7, 11) is 0. The van der Waals surface area contributed by atoms with Crippen LogP contribution in [0.2, 0.25) is 10.0 Å². The van der Waals surface area contributed by atoms with E-state index < -0.39 is 6.03 Å². The highest BCUT2D eigenvalue weighted by Crippen LogP contribution is 2.23. The molecule has 0 bridgehead atoms. The number of rotatable bonds is 3. The lowest BCUT2D eigenvalue weighted by Crippen LogP contribution is -2.33. The summed E-state index contributed by atoms with van der Waals surface area (Å²) in [6.07, 6.45) is 1.64. The number of hydrazine groups is 1. The second kappa shape index (κ2) is 6.73. The first-order valence-electron chi connectivity index (χ1n) is 6.75. The van der Waals surface area contributed by atoms with Gasteiger partial charge in [0.05, 0.1) is 11.2 Å². The molecule has 0 saturated heterocycles. The van der Waals surface area contributed by atoms with Crippen molar-refractivity contribution in [2.24, 2.45) is 0 Å². The van der Waals surface area contributed by atoms with Gasteiger partial charge in [0.2, 0.25) is 0 Å². The number of amides is 2. The van der Waals surface area contributed by atoms with Crippen LogP contribution < -0.4 is 16.2 Å². The quantitative estimate of drug-likeness (QED) is 0.602. The van der Waals surface area contributed by atoms with Crippen LogP contribution >= 0.6 is 23.2 Å². The Morgan fingerprint density at radius 3 is 2.65 bits per heavy atom. The Bertz CT molecular complexity index is 870. The molecule has 0 atom stereocenters. The molecule has 0 fully saturated rings. The van der Waals surface area contributed by atoms with Crippen LogP contribution in [0.25, 0.3) is 10.9 Å².